The van der Waals surface area contributed by atoms with Crippen LogP contribution in [0.15, 0.2) is 128 Å². The van der Waals surface area contributed by atoms with Crippen LogP contribution >= 0.6 is 11.3 Å². The molecule has 0 saturated heterocycles. The zero-order valence-electron chi connectivity index (χ0n) is 21.6. The molecular weight excluding hydrogens is 703 g/mol. The van der Waals surface area contributed by atoms with E-state index in [0.29, 0.717) is 0 Å². The van der Waals surface area contributed by atoms with Crippen LogP contribution in [0.3, 0.4) is 0 Å². The van der Waals surface area contributed by atoms with Crippen LogP contribution in [0, 0.1) is 12.1 Å². The molecule has 0 saturated carbocycles. The Labute approximate surface area is 254 Å². The molecule has 4 aromatic carbocycles. The van der Waals surface area contributed by atoms with Crippen molar-refractivity contribution in [2.45, 2.75) is 0 Å². The number of thiophene rings is 1. The van der Waals surface area contributed by atoms with Gasteiger partial charge in [-0.25, -0.2) is 9.97 Å². The fraction of sp³-hybridized carbons (Fsp3) is 0. The topological polar surface area (TPSA) is 56.5 Å². The predicted octanol–water partition coefficient (Wildman–Crippen LogP) is 8.20. The fourth-order valence-corrected chi connectivity index (χ4v) is 5.95. The van der Waals surface area contributed by atoms with Crippen molar-refractivity contribution < 1.29 is 20.1 Å². The Hall–Kier alpha value is -4.55. The first-order valence-electron chi connectivity index (χ1n) is 12.8. The Bertz CT molecular complexity index is 2020. The number of para-hydroxylation sites is 1. The van der Waals surface area contributed by atoms with E-state index in [4.69, 9.17) is 4.98 Å². The molecule has 1 radical (unpaired) electrons. The first-order valence-corrected chi connectivity index (χ1v) is 13.6. The number of fused-ring (bicyclic) bond motifs is 4. The van der Waals surface area contributed by atoms with E-state index in [2.05, 4.69) is 74.1 Å². The molecule has 0 aliphatic heterocycles. The summed E-state index contributed by atoms with van der Waals surface area (Å²) in [5.74, 6) is 0.832. The van der Waals surface area contributed by atoms with Crippen molar-refractivity contribution >= 4 is 42.7 Å². The third-order valence-corrected chi connectivity index (χ3v) is 7.75. The van der Waals surface area contributed by atoms with Gasteiger partial charge >= 0.3 is 0 Å². The van der Waals surface area contributed by atoms with Gasteiger partial charge in [0, 0.05) is 36.7 Å². The number of hydrogen-bond donors (Lipinski definition) is 0. The zero-order valence-corrected chi connectivity index (χ0v) is 24.8. The Morgan fingerprint density at radius 1 is 0.707 bits per heavy atom. The second kappa shape index (κ2) is 11.9. The number of imidazole rings is 1. The number of nitrogens with zero attached hydrogens (tertiary/aromatic N) is 5. The molecule has 4 aromatic heterocycles. The van der Waals surface area contributed by atoms with Crippen molar-refractivity contribution in [3.63, 3.8) is 0 Å². The Morgan fingerprint density at radius 3 is 2.37 bits per heavy atom. The molecule has 0 N–H and O–H groups in total. The van der Waals surface area contributed by atoms with Gasteiger partial charge < -0.3 is 9.55 Å². The maximum Gasteiger partial charge on any atom is 0.158 e. The van der Waals surface area contributed by atoms with Crippen molar-refractivity contribution in [2.75, 3.05) is 0 Å². The molecule has 5 nitrogen and oxygen atoms in total. The molecule has 7 heteroatoms. The molecule has 8 rings (SSSR count). The van der Waals surface area contributed by atoms with Gasteiger partial charge in [-0.1, -0.05) is 59.5 Å². The number of pyridine rings is 1. The molecule has 4 heterocycles. The first-order chi connectivity index (χ1) is 19.9. The number of benzene rings is 4. The van der Waals surface area contributed by atoms with Crippen LogP contribution in [0.1, 0.15) is 0 Å². The van der Waals surface area contributed by atoms with E-state index in [1.54, 1.807) is 30.1 Å². The molecule has 199 valence electrons. The summed E-state index contributed by atoms with van der Waals surface area (Å²) in [5.41, 5.74) is 5.58. The van der Waals surface area contributed by atoms with Crippen molar-refractivity contribution in [2.24, 2.45) is 0 Å². The normalized spacial score (nSPS) is 10.7. The van der Waals surface area contributed by atoms with E-state index < -0.39 is 0 Å². The van der Waals surface area contributed by atoms with E-state index in [9.17, 15) is 0 Å². The van der Waals surface area contributed by atoms with Gasteiger partial charge in [-0.15, -0.1) is 54.1 Å². The second-order valence-electron chi connectivity index (χ2n) is 9.02. The molecule has 8 aromatic rings. The summed E-state index contributed by atoms with van der Waals surface area (Å²) in [7, 11) is 0. The van der Waals surface area contributed by atoms with Gasteiger partial charge in [0.25, 0.3) is 0 Å². The van der Waals surface area contributed by atoms with Crippen LogP contribution in [0.2, 0.25) is 0 Å². The average Bonchev–Trinajstić information content (AvgIpc) is 3.62. The second-order valence-corrected chi connectivity index (χ2v) is 10.1. The number of rotatable bonds is 3. The number of hydrogen-bond acceptors (Lipinski definition) is 5. The molecule has 0 amide bonds. The van der Waals surface area contributed by atoms with E-state index in [1.165, 1.54) is 20.2 Å². The summed E-state index contributed by atoms with van der Waals surface area (Å²) >= 11 is 1.78. The Kier molecular flexibility index (Phi) is 7.74. The summed E-state index contributed by atoms with van der Waals surface area (Å²) < 4.78 is 4.54. The molecule has 0 spiro atoms. The summed E-state index contributed by atoms with van der Waals surface area (Å²) in [6.45, 7) is 0. The molecule has 0 fully saturated rings. The molecule has 0 aliphatic carbocycles. The molecule has 41 heavy (non-hydrogen) atoms. The summed E-state index contributed by atoms with van der Waals surface area (Å²) in [5, 5.41) is 2.49. The van der Waals surface area contributed by atoms with Crippen molar-refractivity contribution in [3.8, 4) is 28.3 Å². The van der Waals surface area contributed by atoms with E-state index in [1.807, 2.05) is 66.7 Å². The third-order valence-electron chi connectivity index (χ3n) is 6.55. The fourth-order valence-electron chi connectivity index (χ4n) is 4.75. The van der Waals surface area contributed by atoms with E-state index >= 15 is 0 Å². The van der Waals surface area contributed by atoms with Gasteiger partial charge in [-0.05, 0) is 40.0 Å². The van der Waals surface area contributed by atoms with E-state index in [0.717, 1.165) is 39.5 Å². The molecule has 0 unspecified atom stereocenters. The summed E-state index contributed by atoms with van der Waals surface area (Å²) in [6.07, 6.45) is 5.11. The Morgan fingerprint density at radius 2 is 1.54 bits per heavy atom. The van der Waals surface area contributed by atoms with Crippen LogP contribution in [0.5, 0.6) is 0 Å². The minimum atomic E-state index is 0. The van der Waals surface area contributed by atoms with Crippen molar-refractivity contribution in [3.05, 3.63) is 140 Å². The van der Waals surface area contributed by atoms with Crippen molar-refractivity contribution in [1.82, 2.24) is 24.5 Å². The molecule has 0 bridgehead atoms. The van der Waals surface area contributed by atoms with Crippen molar-refractivity contribution in [1.29, 1.82) is 0 Å². The standard InChI is InChI=1S/C23H13N4S.C11H8N.Ir/c1-2-7-15(8-3-1)27-22(26-19-13-24-14-25-23(19)27)18-11-6-10-17-16-9-4-5-12-20(16)28-21(17)18;1-2-6-10(7-3-1)11-8-4-5-9-12-11;/h1-10,12-14H;1-6,8-9H;/q2*-1;. The molecule has 0 atom stereocenters. The maximum absolute atomic E-state index is 4.89. The van der Waals surface area contributed by atoms with Crippen LogP contribution in [0.4, 0.5) is 0 Å². The average molecular weight is 724 g/mol. The maximum atomic E-state index is 4.89. The predicted molar refractivity (Wildman–Crippen MR) is 162 cm³/mol. The van der Waals surface area contributed by atoms with Crippen LogP contribution in [-0.4, -0.2) is 24.5 Å². The zero-order chi connectivity index (χ0) is 26.7. The SMILES string of the molecule is [Ir].[c-]1ccc2c(sc3ccccc32)c1-c1nc2cncnc2n1-c1ccccc1.[c-]1ccccc1-c1ccccn1. The molecular formula is C34H21IrN5S-2. The largest absolute Gasteiger partial charge is 0.318 e. The quantitative estimate of drug-likeness (QED) is 0.173. The van der Waals surface area contributed by atoms with Gasteiger partial charge in [0.1, 0.15) is 11.8 Å². The van der Waals surface area contributed by atoms with Crippen LogP contribution in [0.25, 0.3) is 59.7 Å². The van der Waals surface area contributed by atoms with Gasteiger partial charge in [-0.2, -0.15) is 11.3 Å². The first kappa shape index (κ1) is 26.7. The van der Waals surface area contributed by atoms with Crippen LogP contribution < -0.4 is 0 Å². The molecule has 0 aliphatic rings. The smallest absolute Gasteiger partial charge is 0.158 e. The van der Waals surface area contributed by atoms with E-state index in [-0.39, 0.29) is 20.1 Å². The Balaban J connectivity index is 0.000000196. The van der Waals surface area contributed by atoms with Gasteiger partial charge in [-0.3, -0.25) is 4.98 Å². The van der Waals surface area contributed by atoms with Gasteiger partial charge in [0.15, 0.2) is 5.65 Å². The third kappa shape index (κ3) is 5.19. The van der Waals surface area contributed by atoms with Gasteiger partial charge in [0.2, 0.25) is 0 Å². The summed E-state index contributed by atoms with van der Waals surface area (Å²) in [6, 6.07) is 43.1. The van der Waals surface area contributed by atoms with Gasteiger partial charge in [0.05, 0.1) is 12.0 Å². The monoisotopic (exact) mass is 724 g/mol. The minimum Gasteiger partial charge on any atom is -0.318 e. The minimum absolute atomic E-state index is 0. The summed E-state index contributed by atoms with van der Waals surface area (Å²) in [4.78, 5) is 17.8. The number of aromatic nitrogens is 5. The van der Waals surface area contributed by atoms with Crippen LogP contribution in [-0.2, 0) is 20.1 Å².